The Balaban J connectivity index is 1.24. The van der Waals surface area contributed by atoms with E-state index in [0.717, 1.165) is 12.0 Å². The van der Waals surface area contributed by atoms with Gasteiger partial charge in [-0.1, -0.05) is 24.6 Å². The Labute approximate surface area is 226 Å². The van der Waals surface area contributed by atoms with Gasteiger partial charge in [0.25, 0.3) is 5.91 Å². The number of amides is 2. The molecule has 9 heteroatoms. The summed E-state index contributed by atoms with van der Waals surface area (Å²) >= 11 is 0. The van der Waals surface area contributed by atoms with E-state index in [9.17, 15) is 19.2 Å². The minimum absolute atomic E-state index is 0.00232. The molecule has 0 radical (unpaired) electrons. The van der Waals surface area contributed by atoms with Crippen LogP contribution in [-0.2, 0) is 23.9 Å². The SMILES string of the molecule is CCCOC(=O)c1ccc(NC(=O)COC(=O)[C@H]2CC(=O)N(c3ccc(Oc4ccc(C)cc4)cc3)C2)cc1. The lowest BCUT2D eigenvalue weighted by Gasteiger charge is -2.17. The minimum atomic E-state index is -0.679. The number of hydrogen-bond acceptors (Lipinski definition) is 7. The van der Waals surface area contributed by atoms with Gasteiger partial charge in [-0.25, -0.2) is 4.79 Å². The minimum Gasteiger partial charge on any atom is -0.462 e. The van der Waals surface area contributed by atoms with Crippen LogP contribution < -0.4 is 15.0 Å². The maximum Gasteiger partial charge on any atom is 0.338 e. The maximum atomic E-state index is 12.6. The van der Waals surface area contributed by atoms with Gasteiger partial charge in [-0.2, -0.15) is 0 Å². The second kappa shape index (κ2) is 12.7. The summed E-state index contributed by atoms with van der Waals surface area (Å²) in [6.07, 6.45) is 0.723. The number of hydrogen-bond donors (Lipinski definition) is 1. The number of nitrogens with one attached hydrogen (secondary N) is 1. The molecule has 4 rings (SSSR count). The van der Waals surface area contributed by atoms with Crippen molar-refractivity contribution < 1.29 is 33.4 Å². The molecule has 1 heterocycles. The zero-order chi connectivity index (χ0) is 27.8. The van der Waals surface area contributed by atoms with Crippen LogP contribution in [0, 0.1) is 12.8 Å². The summed E-state index contributed by atoms with van der Waals surface area (Å²) in [5.41, 5.74) is 2.60. The van der Waals surface area contributed by atoms with Gasteiger partial charge in [-0.05, 0) is 74.0 Å². The Hall–Kier alpha value is -4.66. The fraction of sp³-hybridized carbons (Fsp3) is 0.267. The predicted octanol–water partition coefficient (Wildman–Crippen LogP) is 4.89. The van der Waals surface area contributed by atoms with E-state index in [1.807, 2.05) is 38.1 Å². The average Bonchev–Trinajstić information content (AvgIpc) is 3.34. The van der Waals surface area contributed by atoms with Gasteiger partial charge in [0.15, 0.2) is 6.61 Å². The molecule has 202 valence electrons. The Morgan fingerprint density at radius 2 is 1.54 bits per heavy atom. The molecule has 39 heavy (non-hydrogen) atoms. The average molecular weight is 531 g/mol. The smallest absolute Gasteiger partial charge is 0.338 e. The van der Waals surface area contributed by atoms with E-state index < -0.39 is 30.4 Å². The lowest BCUT2D eigenvalue weighted by molar-refractivity contribution is -0.151. The van der Waals surface area contributed by atoms with Crippen LogP contribution in [0.4, 0.5) is 11.4 Å². The number of carbonyl (C=O) groups is 4. The van der Waals surface area contributed by atoms with Gasteiger partial charge < -0.3 is 24.4 Å². The topological polar surface area (TPSA) is 111 Å². The Bertz CT molecular complexity index is 1320. The first-order chi connectivity index (χ1) is 18.8. The molecule has 1 aliphatic rings. The van der Waals surface area contributed by atoms with Gasteiger partial charge in [0, 0.05) is 24.3 Å². The Morgan fingerprint density at radius 3 is 2.18 bits per heavy atom. The van der Waals surface area contributed by atoms with Crippen molar-refractivity contribution in [3.8, 4) is 11.5 Å². The van der Waals surface area contributed by atoms with Crippen molar-refractivity contribution in [2.45, 2.75) is 26.7 Å². The van der Waals surface area contributed by atoms with Crippen molar-refractivity contribution in [3.63, 3.8) is 0 Å². The molecule has 2 amide bonds. The first-order valence-electron chi connectivity index (χ1n) is 12.7. The van der Waals surface area contributed by atoms with Crippen LogP contribution in [0.2, 0.25) is 0 Å². The first-order valence-corrected chi connectivity index (χ1v) is 12.7. The van der Waals surface area contributed by atoms with E-state index >= 15 is 0 Å². The second-order valence-corrected chi connectivity index (χ2v) is 9.18. The number of anilines is 2. The van der Waals surface area contributed by atoms with Gasteiger partial charge in [-0.15, -0.1) is 0 Å². The maximum absolute atomic E-state index is 12.6. The number of carbonyl (C=O) groups excluding carboxylic acids is 4. The molecule has 1 aliphatic heterocycles. The summed E-state index contributed by atoms with van der Waals surface area (Å²) in [4.78, 5) is 50.8. The third-order valence-electron chi connectivity index (χ3n) is 6.05. The lowest BCUT2D eigenvalue weighted by Crippen LogP contribution is -2.28. The molecule has 0 spiro atoms. The summed E-state index contributed by atoms with van der Waals surface area (Å²) in [5, 5.41) is 2.61. The summed E-state index contributed by atoms with van der Waals surface area (Å²) in [6, 6.07) is 20.9. The zero-order valence-corrected chi connectivity index (χ0v) is 21.8. The molecular weight excluding hydrogens is 500 g/mol. The highest BCUT2D eigenvalue weighted by Gasteiger charge is 2.36. The number of rotatable bonds is 10. The number of nitrogens with zero attached hydrogens (tertiary/aromatic N) is 1. The molecule has 3 aromatic rings. The fourth-order valence-electron chi connectivity index (χ4n) is 3.97. The molecule has 0 bridgehead atoms. The molecular formula is C30H30N2O7. The van der Waals surface area contributed by atoms with Crippen molar-refractivity contribution in [2.75, 3.05) is 30.0 Å². The summed E-state index contributed by atoms with van der Waals surface area (Å²) in [7, 11) is 0. The first kappa shape index (κ1) is 27.4. The van der Waals surface area contributed by atoms with E-state index in [-0.39, 0.29) is 18.9 Å². The highest BCUT2D eigenvalue weighted by molar-refractivity contribution is 6.00. The number of esters is 2. The molecule has 1 saturated heterocycles. The molecule has 0 unspecified atom stereocenters. The van der Waals surface area contributed by atoms with Crippen LogP contribution in [0.5, 0.6) is 11.5 Å². The normalized spacial score (nSPS) is 14.6. The van der Waals surface area contributed by atoms with Gasteiger partial charge in [0.2, 0.25) is 5.91 Å². The molecule has 0 aromatic heterocycles. The third kappa shape index (κ3) is 7.44. The standard InChI is InChI=1S/C30H30N2O7/c1-3-16-37-29(35)21-6-8-23(9-7-21)31-27(33)19-38-30(36)22-17-28(34)32(18-22)24-10-14-26(15-11-24)39-25-12-4-20(2)5-13-25/h4-15,22H,3,16-19H2,1-2H3,(H,31,33)/t22-/m0/s1. The van der Waals surface area contributed by atoms with Crippen molar-refractivity contribution in [3.05, 3.63) is 83.9 Å². The van der Waals surface area contributed by atoms with E-state index in [4.69, 9.17) is 14.2 Å². The molecule has 1 N–H and O–H groups in total. The summed E-state index contributed by atoms with van der Waals surface area (Å²) in [5.74, 6) is -1.13. The molecule has 1 fully saturated rings. The molecule has 9 nitrogen and oxygen atoms in total. The lowest BCUT2D eigenvalue weighted by atomic mass is 10.1. The highest BCUT2D eigenvalue weighted by atomic mass is 16.5. The van der Waals surface area contributed by atoms with Crippen LogP contribution in [0.25, 0.3) is 0 Å². The van der Waals surface area contributed by atoms with E-state index in [1.165, 1.54) is 4.90 Å². The number of benzene rings is 3. The molecule has 0 aliphatic carbocycles. The monoisotopic (exact) mass is 530 g/mol. The molecule has 0 saturated carbocycles. The van der Waals surface area contributed by atoms with Gasteiger partial charge in [-0.3, -0.25) is 14.4 Å². The van der Waals surface area contributed by atoms with Crippen molar-refractivity contribution in [1.29, 1.82) is 0 Å². The van der Waals surface area contributed by atoms with E-state index in [1.54, 1.807) is 48.5 Å². The van der Waals surface area contributed by atoms with Crippen molar-refractivity contribution >= 4 is 35.1 Å². The summed E-state index contributed by atoms with van der Waals surface area (Å²) < 4.78 is 16.1. The van der Waals surface area contributed by atoms with E-state index in [2.05, 4.69) is 5.32 Å². The number of ether oxygens (including phenoxy) is 3. The summed E-state index contributed by atoms with van der Waals surface area (Å²) in [6.45, 7) is 3.91. The van der Waals surface area contributed by atoms with Gasteiger partial charge in [0.05, 0.1) is 18.1 Å². The van der Waals surface area contributed by atoms with Crippen molar-refractivity contribution in [2.24, 2.45) is 5.92 Å². The van der Waals surface area contributed by atoms with Crippen molar-refractivity contribution in [1.82, 2.24) is 0 Å². The Morgan fingerprint density at radius 1 is 0.897 bits per heavy atom. The van der Waals surface area contributed by atoms with Crippen LogP contribution in [-0.4, -0.2) is 43.5 Å². The van der Waals surface area contributed by atoms with Gasteiger partial charge >= 0.3 is 11.9 Å². The van der Waals surface area contributed by atoms with Crippen LogP contribution in [0.15, 0.2) is 72.8 Å². The number of aryl methyl sites for hydroxylation is 1. The third-order valence-corrected chi connectivity index (χ3v) is 6.05. The van der Waals surface area contributed by atoms with Gasteiger partial charge in [0.1, 0.15) is 11.5 Å². The fourth-order valence-corrected chi connectivity index (χ4v) is 3.97. The molecule has 1 atom stereocenters. The highest BCUT2D eigenvalue weighted by Crippen LogP contribution is 2.29. The predicted molar refractivity (Wildman–Crippen MR) is 145 cm³/mol. The Kier molecular flexibility index (Phi) is 8.94. The van der Waals surface area contributed by atoms with Crippen LogP contribution in [0.3, 0.4) is 0 Å². The van der Waals surface area contributed by atoms with Crippen LogP contribution >= 0.6 is 0 Å². The zero-order valence-electron chi connectivity index (χ0n) is 21.8. The van der Waals surface area contributed by atoms with Crippen LogP contribution in [0.1, 0.15) is 35.7 Å². The molecule has 3 aromatic carbocycles. The van der Waals surface area contributed by atoms with E-state index in [0.29, 0.717) is 35.0 Å². The largest absolute Gasteiger partial charge is 0.462 e. The second-order valence-electron chi connectivity index (χ2n) is 9.18. The quantitative estimate of drug-likeness (QED) is 0.372.